The quantitative estimate of drug-likeness (QED) is 0.109. The van der Waals surface area contributed by atoms with E-state index in [1.165, 1.54) is 0 Å². The van der Waals surface area contributed by atoms with E-state index in [-0.39, 0.29) is 30.5 Å². The molecule has 0 bridgehead atoms. The zero-order valence-corrected chi connectivity index (χ0v) is 32.8. The Kier molecular flexibility index (Phi) is 11.3. The maximum absolute atomic E-state index is 14.8. The number of amides is 2. The zero-order chi connectivity index (χ0) is 40.1. The van der Waals surface area contributed by atoms with Crippen LogP contribution in [0.15, 0.2) is 79.0 Å². The van der Waals surface area contributed by atoms with Crippen LogP contribution in [-0.4, -0.2) is 109 Å². The fourth-order valence-electron chi connectivity index (χ4n) is 8.54. The number of hydrogen-bond donors (Lipinski definition) is 7. The minimum atomic E-state index is -2.96. The highest BCUT2D eigenvalue weighted by atomic mass is 35.5. The van der Waals surface area contributed by atoms with E-state index < -0.39 is 62.6 Å². The number of rotatable bonds is 11. The van der Waals surface area contributed by atoms with Gasteiger partial charge in [-0.3, -0.25) is 14.3 Å². The lowest BCUT2D eigenvalue weighted by Crippen LogP contribution is -2.60. The number of aromatic nitrogens is 3. The molecular formula is C39H46ClN5O10Si. The summed E-state index contributed by atoms with van der Waals surface area (Å²) in [7, 11) is -2.96. The molecule has 17 heteroatoms. The molecule has 1 aromatic heterocycles. The summed E-state index contributed by atoms with van der Waals surface area (Å²) < 4.78 is 13.7. The van der Waals surface area contributed by atoms with E-state index in [1.807, 2.05) is 50.3 Å². The number of ether oxygens (including phenoxy) is 2. The molecule has 2 fully saturated rings. The second-order valence-corrected chi connectivity index (χ2v) is 19.8. The highest BCUT2D eigenvalue weighted by Gasteiger charge is 2.66. The summed E-state index contributed by atoms with van der Waals surface area (Å²) in [5.41, 5.74) is 2.06. The van der Waals surface area contributed by atoms with Crippen molar-refractivity contribution in [1.29, 1.82) is 0 Å². The van der Waals surface area contributed by atoms with E-state index in [2.05, 4.69) is 15.6 Å². The molecule has 3 aromatic carbocycles. The molecular weight excluding hydrogens is 762 g/mol. The van der Waals surface area contributed by atoms with Crippen molar-refractivity contribution in [3.8, 4) is 0 Å². The van der Waals surface area contributed by atoms with Crippen LogP contribution in [0.2, 0.25) is 23.7 Å². The number of halogens is 1. The third-order valence-corrected chi connectivity index (χ3v) is 14.0. The van der Waals surface area contributed by atoms with Crippen molar-refractivity contribution in [2.45, 2.75) is 93.4 Å². The number of nitrogens with one attached hydrogen (secondary N) is 1. The van der Waals surface area contributed by atoms with Gasteiger partial charge in [0.1, 0.15) is 18.3 Å². The smallest absolute Gasteiger partial charge is 0.264 e. The van der Waals surface area contributed by atoms with Crippen LogP contribution in [0.3, 0.4) is 0 Å². The molecule has 1 spiro atoms. The Morgan fingerprint density at radius 1 is 1.02 bits per heavy atom. The maximum atomic E-state index is 14.8. The molecule has 2 amide bonds. The molecule has 10 atom stereocenters. The van der Waals surface area contributed by atoms with E-state index in [0.29, 0.717) is 46.2 Å². The fourth-order valence-corrected chi connectivity index (χ4v) is 11.3. The standard InChI is InChI=1S/C39H46ClN5O10Si/c1-21-35(56(2,3)53)30(15-16-44-19-28(42-43-44)26(20-46)23-7-5-4-6-8-23)55-39(21)27-17-24(40)11-14-29(27)45(38(39)52)18-22-9-12-25(13-10-22)41-36(50)34-32(48)31(47)33(49)37(51)54-34/h4-14,17,19,21,26,30-35,37,46-49,51,53H,15-16,18,20H2,1-3H3,(H,41,50)/t21-,26?,30+,31-,32-,33+,34-,35-,37+,39+/m0/s1. The third kappa shape index (κ3) is 7.30. The number of aliphatic hydroxyl groups is 5. The first-order chi connectivity index (χ1) is 26.6. The number of aliphatic hydroxyl groups excluding tert-OH is 5. The molecule has 3 aliphatic heterocycles. The minimum Gasteiger partial charge on any atom is -0.432 e. The minimum absolute atomic E-state index is 0.132. The normalized spacial score (nSPS) is 29.5. The van der Waals surface area contributed by atoms with Gasteiger partial charge in [-0.25, -0.2) is 0 Å². The van der Waals surface area contributed by atoms with Crippen molar-refractivity contribution in [2.24, 2.45) is 5.92 Å². The van der Waals surface area contributed by atoms with Gasteiger partial charge in [-0.05, 0) is 61.0 Å². The SMILES string of the molecule is C[C@H]1[C@H]([Si](C)(C)O)[C@@H](CCn2cc(C(CO)c3ccccc3)nn2)O[C@]12C(=O)N(Cc1ccc(NC(=O)[C@H]3O[C@@H](O)[C@H](O)[C@@H](O)[C@@H]3O)cc1)c1ccc(Cl)cc12. The Bertz CT molecular complexity index is 2050. The van der Waals surface area contributed by atoms with Crippen molar-refractivity contribution in [1.82, 2.24) is 15.0 Å². The summed E-state index contributed by atoms with van der Waals surface area (Å²) >= 11 is 6.56. The Hall–Kier alpha value is -4.07. The predicted molar refractivity (Wildman–Crippen MR) is 206 cm³/mol. The average molecular weight is 808 g/mol. The van der Waals surface area contributed by atoms with Crippen molar-refractivity contribution in [3.63, 3.8) is 0 Å². The summed E-state index contributed by atoms with van der Waals surface area (Å²) in [6.07, 6.45) is -7.09. The number of anilines is 2. The van der Waals surface area contributed by atoms with E-state index >= 15 is 0 Å². The van der Waals surface area contributed by atoms with E-state index in [4.69, 9.17) is 21.1 Å². The fraction of sp³-hybridized carbons (Fsp3) is 0.436. The van der Waals surface area contributed by atoms with Gasteiger partial charge in [-0.15, -0.1) is 5.10 Å². The molecule has 7 rings (SSSR count). The maximum Gasteiger partial charge on any atom is 0.264 e. The molecule has 7 N–H and O–H groups in total. The van der Waals surface area contributed by atoms with Crippen LogP contribution >= 0.6 is 11.6 Å². The molecule has 0 radical (unpaired) electrons. The van der Waals surface area contributed by atoms with Crippen LogP contribution in [0.25, 0.3) is 0 Å². The van der Waals surface area contributed by atoms with Crippen LogP contribution < -0.4 is 10.2 Å². The largest absolute Gasteiger partial charge is 0.432 e. The lowest BCUT2D eigenvalue weighted by Gasteiger charge is -2.37. The van der Waals surface area contributed by atoms with Crippen molar-refractivity contribution < 1.29 is 49.4 Å². The number of hydrogen-bond acceptors (Lipinski definition) is 12. The predicted octanol–water partition coefficient (Wildman–Crippen LogP) is 2.23. The summed E-state index contributed by atoms with van der Waals surface area (Å²) in [6, 6.07) is 21.5. The summed E-state index contributed by atoms with van der Waals surface area (Å²) in [5.74, 6) is -1.89. The lowest BCUT2D eigenvalue weighted by molar-refractivity contribution is -0.274. The third-order valence-electron chi connectivity index (χ3n) is 11.3. The molecule has 0 saturated carbocycles. The first-order valence-electron chi connectivity index (χ1n) is 18.5. The summed E-state index contributed by atoms with van der Waals surface area (Å²) in [4.78, 5) is 41.0. The van der Waals surface area contributed by atoms with E-state index in [1.54, 1.807) is 58.2 Å². The Morgan fingerprint density at radius 2 is 1.73 bits per heavy atom. The number of carbonyl (C=O) groups excluding carboxylic acids is 2. The molecule has 3 aliphatic rings. The van der Waals surface area contributed by atoms with Crippen molar-refractivity contribution >= 4 is 43.1 Å². The molecule has 56 heavy (non-hydrogen) atoms. The molecule has 1 unspecified atom stereocenters. The summed E-state index contributed by atoms with van der Waals surface area (Å²) in [5, 5.41) is 61.6. The first-order valence-corrected chi connectivity index (χ1v) is 21.9. The second kappa shape index (κ2) is 15.7. The van der Waals surface area contributed by atoms with Gasteiger partial charge in [-0.2, -0.15) is 0 Å². The Balaban J connectivity index is 1.10. The highest BCUT2D eigenvalue weighted by Crippen LogP contribution is 2.60. The zero-order valence-electron chi connectivity index (χ0n) is 31.0. The highest BCUT2D eigenvalue weighted by molar-refractivity contribution is 6.71. The number of benzene rings is 3. The Morgan fingerprint density at radius 3 is 2.41 bits per heavy atom. The second-order valence-electron chi connectivity index (χ2n) is 15.4. The van der Waals surface area contributed by atoms with Gasteiger partial charge >= 0.3 is 0 Å². The van der Waals surface area contributed by atoms with Gasteiger partial charge in [0.25, 0.3) is 11.8 Å². The van der Waals surface area contributed by atoms with Gasteiger partial charge in [-0.1, -0.05) is 66.2 Å². The van der Waals surface area contributed by atoms with Crippen LogP contribution in [0.4, 0.5) is 11.4 Å². The van der Waals surface area contributed by atoms with Gasteiger partial charge in [0, 0.05) is 40.5 Å². The molecule has 298 valence electrons. The van der Waals surface area contributed by atoms with E-state index in [0.717, 1.165) is 5.56 Å². The van der Waals surface area contributed by atoms with Crippen LogP contribution in [-0.2, 0) is 37.8 Å². The van der Waals surface area contributed by atoms with Crippen LogP contribution in [0, 0.1) is 5.92 Å². The molecule has 2 saturated heterocycles. The number of nitrogens with zero attached hydrogens (tertiary/aromatic N) is 4. The lowest BCUT2D eigenvalue weighted by atomic mass is 9.82. The van der Waals surface area contributed by atoms with E-state index in [9.17, 15) is 39.9 Å². The molecule has 4 heterocycles. The number of aryl methyl sites for hydroxylation is 1. The molecule has 0 aliphatic carbocycles. The van der Waals surface area contributed by atoms with Gasteiger partial charge < -0.3 is 50.0 Å². The average Bonchev–Trinajstić information content (AvgIpc) is 3.82. The van der Waals surface area contributed by atoms with Crippen LogP contribution in [0.1, 0.15) is 41.6 Å². The van der Waals surface area contributed by atoms with Gasteiger partial charge in [0.2, 0.25) is 0 Å². The van der Waals surface area contributed by atoms with Crippen molar-refractivity contribution in [2.75, 3.05) is 16.8 Å². The van der Waals surface area contributed by atoms with Crippen LogP contribution in [0.5, 0.6) is 0 Å². The van der Waals surface area contributed by atoms with Crippen molar-refractivity contribution in [3.05, 3.63) is 106 Å². The number of fused-ring (bicyclic) bond motifs is 2. The topological polar surface area (TPSA) is 220 Å². The first kappa shape index (κ1) is 40.1. The summed E-state index contributed by atoms with van der Waals surface area (Å²) in [6.45, 7) is 6.07. The Labute approximate surface area is 329 Å². The monoisotopic (exact) mass is 807 g/mol. The molecule has 4 aromatic rings. The molecule has 15 nitrogen and oxygen atoms in total. The van der Waals surface area contributed by atoms with Gasteiger partial charge in [0.15, 0.2) is 26.3 Å². The number of carbonyl (C=O) groups is 2. The van der Waals surface area contributed by atoms with Gasteiger partial charge in [0.05, 0.1) is 36.6 Å².